The van der Waals surface area contributed by atoms with Gasteiger partial charge in [0, 0.05) is 23.1 Å². The van der Waals surface area contributed by atoms with Gasteiger partial charge in [-0.15, -0.1) is 0 Å². The minimum atomic E-state index is 0.148. The zero-order valence-electron chi connectivity index (χ0n) is 10.7. The van der Waals surface area contributed by atoms with Gasteiger partial charge in [-0.3, -0.25) is 0 Å². The van der Waals surface area contributed by atoms with Crippen molar-refractivity contribution in [1.29, 1.82) is 0 Å². The number of benzene rings is 1. The summed E-state index contributed by atoms with van der Waals surface area (Å²) in [6.45, 7) is 4.89. The van der Waals surface area contributed by atoms with E-state index in [-0.39, 0.29) is 6.04 Å². The number of hydrogen-bond acceptors (Lipinski definition) is 3. The molecule has 2 unspecified atom stereocenters. The van der Waals surface area contributed by atoms with E-state index in [1.54, 1.807) is 7.11 Å². The van der Waals surface area contributed by atoms with Crippen molar-refractivity contribution in [3.8, 4) is 5.75 Å². The monoisotopic (exact) mass is 300 g/mol. The number of hydrogen-bond donors (Lipinski definition) is 2. The third kappa shape index (κ3) is 3.98. The van der Waals surface area contributed by atoms with Crippen molar-refractivity contribution in [3.05, 3.63) is 28.2 Å². The van der Waals surface area contributed by atoms with Crippen molar-refractivity contribution >= 4 is 15.9 Å². The molecule has 0 heterocycles. The predicted octanol–water partition coefficient (Wildman–Crippen LogP) is 2.85. The van der Waals surface area contributed by atoms with Crippen molar-refractivity contribution in [3.63, 3.8) is 0 Å². The molecule has 1 aromatic carbocycles. The van der Waals surface area contributed by atoms with Gasteiger partial charge in [0.1, 0.15) is 5.75 Å². The average Bonchev–Trinajstić information content (AvgIpc) is 2.36. The standard InChI is InChI=1S/C13H21BrN2O/c1-4-9(2)16-13(8-15)11-7-10(17-3)5-6-12(11)14/h5-7,9,13,16H,4,8,15H2,1-3H3. The highest BCUT2D eigenvalue weighted by atomic mass is 79.9. The summed E-state index contributed by atoms with van der Waals surface area (Å²) < 4.78 is 6.31. The minimum Gasteiger partial charge on any atom is -0.497 e. The van der Waals surface area contributed by atoms with E-state index in [1.165, 1.54) is 0 Å². The molecule has 0 fully saturated rings. The molecule has 96 valence electrons. The molecule has 0 aliphatic heterocycles. The first-order chi connectivity index (χ1) is 8.12. The first-order valence-corrected chi connectivity index (χ1v) is 6.71. The third-order valence-electron chi connectivity index (χ3n) is 2.91. The number of nitrogens with two attached hydrogens (primary N) is 1. The fourth-order valence-electron chi connectivity index (χ4n) is 1.66. The van der Waals surface area contributed by atoms with Crippen LogP contribution in [0.2, 0.25) is 0 Å². The van der Waals surface area contributed by atoms with E-state index >= 15 is 0 Å². The SMILES string of the molecule is CCC(C)NC(CN)c1cc(OC)ccc1Br. The second-order valence-electron chi connectivity index (χ2n) is 4.15. The Balaban J connectivity index is 2.93. The highest BCUT2D eigenvalue weighted by Crippen LogP contribution is 2.27. The Hall–Kier alpha value is -0.580. The van der Waals surface area contributed by atoms with Crippen molar-refractivity contribution in [1.82, 2.24) is 5.32 Å². The number of nitrogens with one attached hydrogen (secondary N) is 1. The maximum absolute atomic E-state index is 5.84. The molecule has 1 aromatic rings. The lowest BCUT2D eigenvalue weighted by molar-refractivity contribution is 0.410. The summed E-state index contributed by atoms with van der Waals surface area (Å²) in [5, 5.41) is 3.51. The summed E-state index contributed by atoms with van der Waals surface area (Å²) in [7, 11) is 1.67. The molecular formula is C13H21BrN2O. The molecule has 17 heavy (non-hydrogen) atoms. The van der Waals surface area contributed by atoms with Crippen LogP contribution in [0.3, 0.4) is 0 Å². The molecule has 1 rings (SSSR count). The molecule has 0 bridgehead atoms. The lowest BCUT2D eigenvalue weighted by atomic mass is 10.1. The second-order valence-corrected chi connectivity index (χ2v) is 5.01. The normalized spacial score (nSPS) is 14.4. The van der Waals surface area contributed by atoms with E-state index in [0.717, 1.165) is 22.2 Å². The maximum Gasteiger partial charge on any atom is 0.119 e. The topological polar surface area (TPSA) is 47.3 Å². The zero-order valence-corrected chi connectivity index (χ0v) is 12.3. The molecule has 0 amide bonds. The predicted molar refractivity (Wildman–Crippen MR) is 75.4 cm³/mol. The van der Waals surface area contributed by atoms with Crippen LogP contribution >= 0.6 is 15.9 Å². The Kier molecular flexibility index (Phi) is 5.95. The van der Waals surface area contributed by atoms with Gasteiger partial charge in [0.15, 0.2) is 0 Å². The van der Waals surface area contributed by atoms with Gasteiger partial charge in [0.25, 0.3) is 0 Å². The van der Waals surface area contributed by atoms with Crippen molar-refractivity contribution in [2.75, 3.05) is 13.7 Å². The van der Waals surface area contributed by atoms with Crippen LogP contribution in [0.4, 0.5) is 0 Å². The molecule has 3 N–H and O–H groups in total. The van der Waals surface area contributed by atoms with Crippen molar-refractivity contribution in [2.45, 2.75) is 32.4 Å². The van der Waals surface area contributed by atoms with E-state index in [4.69, 9.17) is 10.5 Å². The summed E-state index contributed by atoms with van der Waals surface area (Å²) in [4.78, 5) is 0. The second kappa shape index (κ2) is 6.99. The van der Waals surface area contributed by atoms with Crippen LogP contribution in [0.1, 0.15) is 31.9 Å². The molecule has 0 spiro atoms. The van der Waals surface area contributed by atoms with Crippen LogP contribution in [0, 0.1) is 0 Å². The number of methoxy groups -OCH3 is 1. The lowest BCUT2D eigenvalue weighted by Gasteiger charge is -2.23. The summed E-state index contributed by atoms with van der Waals surface area (Å²) in [6, 6.07) is 6.55. The molecule has 0 aliphatic rings. The Morgan fingerprint density at radius 1 is 1.47 bits per heavy atom. The first-order valence-electron chi connectivity index (χ1n) is 5.91. The van der Waals surface area contributed by atoms with Gasteiger partial charge in [-0.05, 0) is 37.1 Å². The summed E-state index contributed by atoms with van der Waals surface area (Å²) in [6.07, 6.45) is 1.08. The largest absolute Gasteiger partial charge is 0.497 e. The van der Waals surface area contributed by atoms with E-state index in [9.17, 15) is 0 Å². The Morgan fingerprint density at radius 3 is 2.71 bits per heavy atom. The van der Waals surface area contributed by atoms with Gasteiger partial charge < -0.3 is 15.8 Å². The molecule has 0 aliphatic carbocycles. The zero-order chi connectivity index (χ0) is 12.8. The lowest BCUT2D eigenvalue weighted by Crippen LogP contribution is -2.34. The maximum atomic E-state index is 5.84. The van der Waals surface area contributed by atoms with Gasteiger partial charge in [-0.25, -0.2) is 0 Å². The summed E-state index contributed by atoms with van der Waals surface area (Å²) in [5.74, 6) is 0.854. The van der Waals surface area contributed by atoms with Crippen molar-refractivity contribution in [2.24, 2.45) is 5.73 Å². The van der Waals surface area contributed by atoms with Gasteiger partial charge in [-0.1, -0.05) is 22.9 Å². The Labute approximate surface area is 112 Å². The van der Waals surface area contributed by atoms with Crippen LogP contribution in [0.25, 0.3) is 0 Å². The van der Waals surface area contributed by atoms with E-state index in [0.29, 0.717) is 12.6 Å². The molecular weight excluding hydrogens is 280 g/mol. The van der Waals surface area contributed by atoms with Gasteiger partial charge in [0.2, 0.25) is 0 Å². The van der Waals surface area contributed by atoms with Gasteiger partial charge in [-0.2, -0.15) is 0 Å². The quantitative estimate of drug-likeness (QED) is 0.849. The van der Waals surface area contributed by atoms with Crippen LogP contribution < -0.4 is 15.8 Å². The molecule has 2 atom stereocenters. The van der Waals surface area contributed by atoms with E-state index < -0.39 is 0 Å². The third-order valence-corrected chi connectivity index (χ3v) is 3.63. The Bertz CT molecular complexity index is 357. The number of rotatable bonds is 6. The minimum absolute atomic E-state index is 0.148. The van der Waals surface area contributed by atoms with Crippen LogP contribution in [0.5, 0.6) is 5.75 Å². The van der Waals surface area contributed by atoms with Crippen LogP contribution in [-0.4, -0.2) is 19.7 Å². The van der Waals surface area contributed by atoms with Crippen molar-refractivity contribution < 1.29 is 4.74 Å². The number of halogens is 1. The Morgan fingerprint density at radius 2 is 2.18 bits per heavy atom. The molecule has 0 saturated carbocycles. The van der Waals surface area contributed by atoms with Gasteiger partial charge >= 0.3 is 0 Å². The fraction of sp³-hybridized carbons (Fsp3) is 0.538. The average molecular weight is 301 g/mol. The van der Waals surface area contributed by atoms with Gasteiger partial charge in [0.05, 0.1) is 7.11 Å². The summed E-state index contributed by atoms with van der Waals surface area (Å²) in [5.41, 5.74) is 6.99. The smallest absolute Gasteiger partial charge is 0.119 e. The fourth-order valence-corrected chi connectivity index (χ4v) is 2.18. The van der Waals surface area contributed by atoms with E-state index in [1.807, 2.05) is 18.2 Å². The highest BCUT2D eigenvalue weighted by Gasteiger charge is 2.15. The highest BCUT2D eigenvalue weighted by molar-refractivity contribution is 9.10. The first kappa shape index (κ1) is 14.5. The summed E-state index contributed by atoms with van der Waals surface area (Å²) >= 11 is 3.56. The number of ether oxygens (including phenoxy) is 1. The molecule has 4 heteroatoms. The molecule has 0 aromatic heterocycles. The van der Waals surface area contributed by atoms with Crippen LogP contribution in [0.15, 0.2) is 22.7 Å². The molecule has 0 saturated heterocycles. The molecule has 3 nitrogen and oxygen atoms in total. The molecule has 0 radical (unpaired) electrons. The van der Waals surface area contributed by atoms with Crippen LogP contribution in [-0.2, 0) is 0 Å². The van der Waals surface area contributed by atoms with E-state index in [2.05, 4.69) is 35.1 Å².